The molecule has 0 unspecified atom stereocenters. The van der Waals surface area contributed by atoms with Gasteiger partial charge in [0.15, 0.2) is 0 Å². The van der Waals surface area contributed by atoms with Gasteiger partial charge in [0.05, 0.1) is 0 Å². The third-order valence-electron chi connectivity index (χ3n) is 8.48. The molecule has 0 radical (unpaired) electrons. The van der Waals surface area contributed by atoms with E-state index in [4.69, 9.17) is 4.74 Å². The SMILES string of the molecule is CN[C@@H](C(=O)N1CCC[C@H]1C(=O)Nc1ccc2[nH]c(-c3ccc(NC(=O)[C@H](NC(=O)OC(C)(C)C)C(C)C)cc3)cc2c1)c1ccccc1. The fraction of sp³-hybridized carbons (Fsp3) is 0.368. The highest BCUT2D eigenvalue weighted by Crippen LogP contribution is 2.29. The molecule has 0 aliphatic carbocycles. The van der Waals surface area contributed by atoms with Crippen LogP contribution in [-0.2, 0) is 19.1 Å². The predicted molar refractivity (Wildman–Crippen MR) is 192 cm³/mol. The number of hydrogen-bond donors (Lipinski definition) is 5. The van der Waals surface area contributed by atoms with Gasteiger partial charge in [0, 0.05) is 34.5 Å². The number of benzene rings is 3. The zero-order chi connectivity index (χ0) is 35.3. The number of nitrogens with zero attached hydrogens (tertiary/aromatic N) is 1. The third kappa shape index (κ3) is 8.66. The molecule has 4 amide bonds. The van der Waals surface area contributed by atoms with E-state index in [9.17, 15) is 19.2 Å². The largest absolute Gasteiger partial charge is 0.444 e. The van der Waals surface area contributed by atoms with Gasteiger partial charge < -0.3 is 35.9 Å². The Balaban J connectivity index is 1.23. The number of rotatable bonds is 10. The minimum absolute atomic E-state index is 0.111. The van der Waals surface area contributed by atoms with E-state index in [0.717, 1.165) is 34.1 Å². The van der Waals surface area contributed by atoms with Crippen molar-refractivity contribution in [2.45, 2.75) is 71.2 Å². The number of aromatic nitrogens is 1. The van der Waals surface area contributed by atoms with Crippen LogP contribution in [0.1, 0.15) is 59.1 Å². The summed E-state index contributed by atoms with van der Waals surface area (Å²) in [7, 11) is 1.75. The van der Waals surface area contributed by atoms with Crippen molar-refractivity contribution >= 4 is 46.1 Å². The van der Waals surface area contributed by atoms with Crippen LogP contribution in [-0.4, -0.2) is 65.0 Å². The number of amides is 4. The molecule has 11 nitrogen and oxygen atoms in total. The van der Waals surface area contributed by atoms with Crippen molar-refractivity contribution in [2.75, 3.05) is 24.2 Å². The van der Waals surface area contributed by atoms with E-state index in [0.29, 0.717) is 24.3 Å². The second-order valence-electron chi connectivity index (χ2n) is 13.7. The van der Waals surface area contributed by atoms with E-state index in [2.05, 4.69) is 26.3 Å². The fourth-order valence-electron chi connectivity index (χ4n) is 6.06. The lowest BCUT2D eigenvalue weighted by atomic mass is 10.0. The molecule has 1 aliphatic heterocycles. The van der Waals surface area contributed by atoms with Gasteiger partial charge in [0.1, 0.15) is 23.7 Å². The zero-order valence-electron chi connectivity index (χ0n) is 28.9. The lowest BCUT2D eigenvalue weighted by Crippen LogP contribution is -2.48. The van der Waals surface area contributed by atoms with E-state index in [1.807, 2.05) is 80.6 Å². The van der Waals surface area contributed by atoms with Crippen LogP contribution in [0.2, 0.25) is 0 Å². The van der Waals surface area contributed by atoms with Crippen LogP contribution >= 0.6 is 0 Å². The Morgan fingerprint density at radius 2 is 1.59 bits per heavy atom. The first-order chi connectivity index (χ1) is 23.3. The number of carbonyl (C=O) groups is 4. The number of hydrogen-bond acceptors (Lipinski definition) is 6. The van der Waals surface area contributed by atoms with Gasteiger partial charge in [-0.2, -0.15) is 0 Å². The van der Waals surface area contributed by atoms with E-state index in [-0.39, 0.29) is 23.6 Å². The Kier molecular flexibility index (Phi) is 10.7. The number of likely N-dealkylation sites (tertiary alicyclic amines) is 1. The summed E-state index contributed by atoms with van der Waals surface area (Å²) in [6.07, 6.45) is 0.725. The first kappa shape index (κ1) is 35.2. The third-order valence-corrected chi connectivity index (χ3v) is 8.48. The number of alkyl carbamates (subject to hydrolysis) is 1. The second-order valence-corrected chi connectivity index (χ2v) is 13.7. The molecule has 1 saturated heterocycles. The summed E-state index contributed by atoms with van der Waals surface area (Å²) >= 11 is 0. The average molecular weight is 667 g/mol. The van der Waals surface area contributed by atoms with Gasteiger partial charge in [-0.25, -0.2) is 4.79 Å². The molecule has 3 atom stereocenters. The highest BCUT2D eigenvalue weighted by molar-refractivity contribution is 6.00. The maximum absolute atomic E-state index is 13.5. The molecule has 2 heterocycles. The molecule has 258 valence electrons. The number of ether oxygens (including phenoxy) is 1. The molecule has 0 bridgehead atoms. The monoisotopic (exact) mass is 666 g/mol. The normalized spacial score (nSPS) is 15.9. The van der Waals surface area contributed by atoms with Crippen LogP contribution in [0.4, 0.5) is 16.2 Å². The second kappa shape index (κ2) is 14.9. The van der Waals surface area contributed by atoms with Crippen molar-refractivity contribution in [3.63, 3.8) is 0 Å². The minimum Gasteiger partial charge on any atom is -0.444 e. The Bertz CT molecular complexity index is 1790. The molecule has 3 aromatic carbocycles. The number of carbonyl (C=O) groups excluding carboxylic acids is 4. The number of H-pyrrole nitrogens is 1. The number of fused-ring (bicyclic) bond motifs is 1. The van der Waals surface area contributed by atoms with Crippen molar-refractivity contribution in [1.29, 1.82) is 0 Å². The van der Waals surface area contributed by atoms with Crippen molar-refractivity contribution in [2.24, 2.45) is 5.92 Å². The number of nitrogens with one attached hydrogen (secondary N) is 5. The van der Waals surface area contributed by atoms with Gasteiger partial charge in [0.2, 0.25) is 17.7 Å². The zero-order valence-corrected chi connectivity index (χ0v) is 28.9. The van der Waals surface area contributed by atoms with Crippen molar-refractivity contribution in [3.05, 3.63) is 84.4 Å². The van der Waals surface area contributed by atoms with E-state index in [1.165, 1.54) is 0 Å². The van der Waals surface area contributed by atoms with Gasteiger partial charge in [0.25, 0.3) is 0 Å². The predicted octanol–water partition coefficient (Wildman–Crippen LogP) is 6.21. The number of likely N-dealkylation sites (N-methyl/N-ethyl adjacent to an activating group) is 1. The van der Waals surface area contributed by atoms with Crippen molar-refractivity contribution in [3.8, 4) is 11.3 Å². The molecule has 49 heavy (non-hydrogen) atoms. The quantitative estimate of drug-likeness (QED) is 0.136. The van der Waals surface area contributed by atoms with Crippen LogP contribution in [0.25, 0.3) is 22.2 Å². The highest BCUT2D eigenvalue weighted by atomic mass is 16.6. The maximum Gasteiger partial charge on any atom is 0.408 e. The van der Waals surface area contributed by atoms with Gasteiger partial charge in [-0.1, -0.05) is 56.3 Å². The van der Waals surface area contributed by atoms with E-state index < -0.39 is 29.8 Å². The molecule has 0 spiro atoms. The lowest BCUT2D eigenvalue weighted by molar-refractivity contribution is -0.138. The number of anilines is 2. The molecule has 5 N–H and O–H groups in total. The summed E-state index contributed by atoms with van der Waals surface area (Å²) in [6.45, 7) is 9.55. The van der Waals surface area contributed by atoms with Gasteiger partial charge >= 0.3 is 6.09 Å². The van der Waals surface area contributed by atoms with Crippen LogP contribution in [0.5, 0.6) is 0 Å². The summed E-state index contributed by atoms with van der Waals surface area (Å²) < 4.78 is 5.33. The highest BCUT2D eigenvalue weighted by Gasteiger charge is 2.37. The summed E-state index contributed by atoms with van der Waals surface area (Å²) in [5, 5.41) is 12.6. The van der Waals surface area contributed by atoms with Gasteiger partial charge in [-0.05, 0) is 94.1 Å². The Hall–Kier alpha value is -5.16. The summed E-state index contributed by atoms with van der Waals surface area (Å²) in [5.41, 5.74) is 4.11. The maximum atomic E-state index is 13.5. The van der Waals surface area contributed by atoms with Crippen LogP contribution in [0.15, 0.2) is 78.9 Å². The summed E-state index contributed by atoms with van der Waals surface area (Å²) in [6, 6.07) is 22.8. The standard InChI is InChI=1S/C38H46N6O5/c1-23(2)32(43-37(48)49-38(3,4)5)35(46)40-27-16-14-24(15-17-27)30-22-26-21-28(18-19-29(26)42-30)41-34(45)31-13-10-20-44(31)36(47)33(39-6)25-11-8-7-9-12-25/h7-9,11-12,14-19,21-23,31-33,39,42H,10,13,20H2,1-6H3,(H,40,46)(H,41,45)(H,43,48)/t31-,32+,33+/m0/s1. The molecule has 1 fully saturated rings. The molecular formula is C38H46N6O5. The van der Waals surface area contributed by atoms with Gasteiger partial charge in [-0.15, -0.1) is 0 Å². The molecule has 4 aromatic rings. The van der Waals surface area contributed by atoms with Crippen LogP contribution < -0.4 is 21.3 Å². The first-order valence-electron chi connectivity index (χ1n) is 16.7. The van der Waals surface area contributed by atoms with E-state index in [1.54, 1.807) is 44.9 Å². The minimum atomic E-state index is -0.769. The molecule has 0 saturated carbocycles. The Morgan fingerprint density at radius 1 is 0.898 bits per heavy atom. The van der Waals surface area contributed by atoms with Crippen LogP contribution in [0.3, 0.4) is 0 Å². The van der Waals surface area contributed by atoms with E-state index >= 15 is 0 Å². The molecule has 5 rings (SSSR count). The average Bonchev–Trinajstić information content (AvgIpc) is 3.72. The topological polar surface area (TPSA) is 145 Å². The Morgan fingerprint density at radius 3 is 2.24 bits per heavy atom. The molecule has 1 aliphatic rings. The lowest BCUT2D eigenvalue weighted by Gasteiger charge is -2.28. The van der Waals surface area contributed by atoms with Crippen molar-refractivity contribution < 1.29 is 23.9 Å². The molecule has 1 aromatic heterocycles. The van der Waals surface area contributed by atoms with Gasteiger partial charge in [-0.3, -0.25) is 14.4 Å². The summed E-state index contributed by atoms with van der Waals surface area (Å²) in [4.78, 5) is 57.4. The molecular weight excluding hydrogens is 620 g/mol. The fourth-order valence-corrected chi connectivity index (χ4v) is 6.06. The Labute approximate surface area is 287 Å². The van der Waals surface area contributed by atoms with Crippen LogP contribution in [0, 0.1) is 5.92 Å². The number of aromatic amines is 1. The van der Waals surface area contributed by atoms with Crippen molar-refractivity contribution in [1.82, 2.24) is 20.5 Å². The molecule has 11 heteroatoms. The first-order valence-corrected chi connectivity index (χ1v) is 16.7. The smallest absolute Gasteiger partial charge is 0.408 e. The summed E-state index contributed by atoms with van der Waals surface area (Å²) in [5.74, 6) is -0.808.